The Morgan fingerprint density at radius 2 is 0.857 bits per heavy atom. The zero-order chi connectivity index (χ0) is 29.1. The maximum absolute atomic E-state index is 13.6. The Kier molecular flexibility index (Phi) is 8.23. The van der Waals surface area contributed by atoms with Crippen LogP contribution in [0.3, 0.4) is 0 Å². The molecule has 4 heteroatoms. The maximum atomic E-state index is 13.6. The monoisotopic (exact) mass is 558 g/mol. The average molecular weight is 559 g/mol. The third-order valence-electron chi connectivity index (χ3n) is 8.82. The Labute approximate surface area is 248 Å². The molecular formula is C38H38O4. The van der Waals surface area contributed by atoms with E-state index in [0.717, 1.165) is 60.8 Å². The molecule has 3 aliphatic rings. The molecule has 2 atom stereocenters. The van der Waals surface area contributed by atoms with Crippen molar-refractivity contribution >= 4 is 11.9 Å². The molecule has 0 aliphatic heterocycles. The molecule has 0 saturated heterocycles. The topological polar surface area (TPSA) is 52.6 Å². The predicted octanol–water partition coefficient (Wildman–Crippen LogP) is 8.41. The van der Waals surface area contributed by atoms with E-state index in [1.54, 1.807) is 0 Å². The molecule has 3 aliphatic carbocycles. The van der Waals surface area contributed by atoms with Gasteiger partial charge in [-0.1, -0.05) is 99.5 Å². The third kappa shape index (κ3) is 5.38. The number of hydrogen-bond acceptors (Lipinski definition) is 4. The Morgan fingerprint density at radius 1 is 0.524 bits per heavy atom. The van der Waals surface area contributed by atoms with E-state index in [-0.39, 0.29) is 11.8 Å². The molecule has 214 valence electrons. The van der Waals surface area contributed by atoms with Gasteiger partial charge in [0.15, 0.2) is 12.2 Å². The van der Waals surface area contributed by atoms with Gasteiger partial charge in [0.25, 0.3) is 0 Å². The van der Waals surface area contributed by atoms with E-state index in [0.29, 0.717) is 11.1 Å². The zero-order valence-corrected chi connectivity index (χ0v) is 24.4. The van der Waals surface area contributed by atoms with Crippen LogP contribution in [0.2, 0.25) is 0 Å². The highest BCUT2D eigenvalue weighted by Crippen LogP contribution is 2.54. The highest BCUT2D eigenvalue weighted by atomic mass is 16.6. The molecule has 0 amide bonds. The second-order valence-electron chi connectivity index (χ2n) is 11.6. The maximum Gasteiger partial charge on any atom is 0.338 e. The molecule has 42 heavy (non-hydrogen) atoms. The van der Waals surface area contributed by atoms with Crippen LogP contribution in [0.15, 0.2) is 97.1 Å². The number of esters is 2. The van der Waals surface area contributed by atoms with Crippen molar-refractivity contribution in [3.63, 3.8) is 0 Å². The van der Waals surface area contributed by atoms with Crippen LogP contribution >= 0.6 is 0 Å². The standard InChI is InChI=1S/C38H38O4/c1-3-5-11-25-17-21-27(22-18-25)37(39)41-35-33-29-13-7-9-15-31(29)34(32-16-10-8-14-30(32)33)36(35)42-38(40)28-23-19-26(20-24-28)12-6-4-2/h7-10,13-24,33-36H,3-6,11-12H2,1-2H3/t33-,34-,35?,36?. The number of ether oxygens (including phenoxy) is 2. The van der Waals surface area contributed by atoms with Crippen molar-refractivity contribution < 1.29 is 19.1 Å². The van der Waals surface area contributed by atoms with Crippen LogP contribution in [0, 0.1) is 0 Å². The number of carbonyl (C=O) groups excluding carboxylic acids is 2. The van der Waals surface area contributed by atoms with Gasteiger partial charge < -0.3 is 9.47 Å². The minimum atomic E-state index is -0.653. The van der Waals surface area contributed by atoms with Crippen LogP contribution in [0.1, 0.15) is 105 Å². The minimum Gasteiger partial charge on any atom is -0.454 e. The van der Waals surface area contributed by atoms with Gasteiger partial charge in [-0.3, -0.25) is 0 Å². The van der Waals surface area contributed by atoms with Crippen LogP contribution in [0.25, 0.3) is 0 Å². The predicted molar refractivity (Wildman–Crippen MR) is 165 cm³/mol. The summed E-state index contributed by atoms with van der Waals surface area (Å²) in [6, 6.07) is 31.9. The average Bonchev–Trinajstić information content (AvgIpc) is 3.04. The SMILES string of the molecule is CCCCc1ccc(C(=O)OC2C(OC(=O)c3ccc(CCCC)cc3)[C@H]3c4ccccc4[C@H]2c2ccccc23)cc1. The van der Waals surface area contributed by atoms with E-state index in [1.807, 2.05) is 72.8 Å². The fourth-order valence-electron chi connectivity index (χ4n) is 6.61. The van der Waals surface area contributed by atoms with Crippen molar-refractivity contribution in [3.8, 4) is 0 Å². The Bertz CT molecular complexity index is 1390. The zero-order valence-electron chi connectivity index (χ0n) is 24.4. The van der Waals surface area contributed by atoms with Crippen molar-refractivity contribution in [2.75, 3.05) is 0 Å². The quantitative estimate of drug-likeness (QED) is 0.183. The number of benzene rings is 4. The van der Waals surface area contributed by atoms with Crippen molar-refractivity contribution in [1.29, 1.82) is 0 Å². The first-order valence-electron chi connectivity index (χ1n) is 15.4. The number of fused-ring (bicyclic) bond motifs is 1. The van der Waals surface area contributed by atoms with Crippen molar-refractivity contribution in [1.82, 2.24) is 0 Å². The van der Waals surface area contributed by atoms with Gasteiger partial charge in [0.1, 0.15) is 0 Å². The first-order valence-corrected chi connectivity index (χ1v) is 15.4. The lowest BCUT2D eigenvalue weighted by Crippen LogP contribution is -2.51. The van der Waals surface area contributed by atoms with Crippen LogP contribution < -0.4 is 0 Å². The third-order valence-corrected chi connectivity index (χ3v) is 8.82. The summed E-state index contributed by atoms with van der Waals surface area (Å²) in [4.78, 5) is 27.2. The lowest BCUT2D eigenvalue weighted by Gasteiger charge is -2.49. The number of unbranched alkanes of at least 4 members (excludes halogenated alkanes) is 2. The fraction of sp³-hybridized carbons (Fsp3) is 0.316. The van der Waals surface area contributed by atoms with Crippen molar-refractivity contribution in [2.45, 2.75) is 76.4 Å². The van der Waals surface area contributed by atoms with Gasteiger partial charge in [-0.2, -0.15) is 0 Å². The van der Waals surface area contributed by atoms with Crippen molar-refractivity contribution in [2.24, 2.45) is 0 Å². The van der Waals surface area contributed by atoms with Crippen LogP contribution in [-0.4, -0.2) is 24.1 Å². The molecule has 2 unspecified atom stereocenters. The summed E-state index contributed by atoms with van der Waals surface area (Å²) in [5.74, 6) is -1.26. The molecule has 4 nitrogen and oxygen atoms in total. The molecule has 0 fully saturated rings. The first-order chi connectivity index (χ1) is 20.6. The van der Waals surface area contributed by atoms with Crippen LogP contribution in [0.4, 0.5) is 0 Å². The summed E-state index contributed by atoms with van der Waals surface area (Å²) in [7, 11) is 0. The van der Waals surface area contributed by atoms with Gasteiger partial charge in [-0.15, -0.1) is 0 Å². The molecule has 0 saturated carbocycles. The Balaban J connectivity index is 1.33. The fourth-order valence-corrected chi connectivity index (χ4v) is 6.61. The summed E-state index contributed by atoms with van der Waals surface area (Å²) in [6.45, 7) is 4.34. The summed E-state index contributed by atoms with van der Waals surface area (Å²) < 4.78 is 12.7. The summed E-state index contributed by atoms with van der Waals surface area (Å²) in [5.41, 5.74) is 7.93. The normalized spacial score (nSPS) is 20.0. The highest BCUT2D eigenvalue weighted by Gasteiger charge is 2.53. The van der Waals surface area contributed by atoms with Gasteiger partial charge >= 0.3 is 11.9 Å². The van der Waals surface area contributed by atoms with E-state index < -0.39 is 24.1 Å². The largest absolute Gasteiger partial charge is 0.454 e. The van der Waals surface area contributed by atoms with E-state index in [4.69, 9.17) is 9.47 Å². The van der Waals surface area contributed by atoms with Gasteiger partial charge in [-0.25, -0.2) is 9.59 Å². The number of aryl methyl sites for hydroxylation is 2. The molecule has 0 radical (unpaired) electrons. The summed E-state index contributed by atoms with van der Waals surface area (Å²) in [5, 5.41) is 0. The number of carbonyl (C=O) groups is 2. The first kappa shape index (κ1) is 28.0. The summed E-state index contributed by atoms with van der Waals surface area (Å²) >= 11 is 0. The smallest absolute Gasteiger partial charge is 0.338 e. The van der Waals surface area contributed by atoms with E-state index in [1.165, 1.54) is 11.1 Å². The molecule has 0 heterocycles. The second kappa shape index (κ2) is 12.4. The Morgan fingerprint density at radius 3 is 1.17 bits per heavy atom. The van der Waals surface area contributed by atoms with E-state index >= 15 is 0 Å². The molecule has 4 aromatic carbocycles. The van der Waals surface area contributed by atoms with E-state index in [2.05, 4.69) is 38.1 Å². The minimum absolute atomic E-state index is 0.232. The molecular weight excluding hydrogens is 520 g/mol. The second-order valence-corrected chi connectivity index (χ2v) is 11.6. The van der Waals surface area contributed by atoms with Crippen LogP contribution in [-0.2, 0) is 22.3 Å². The number of rotatable bonds is 10. The molecule has 0 aromatic heterocycles. The molecule has 0 N–H and O–H groups in total. The highest BCUT2D eigenvalue weighted by molar-refractivity contribution is 5.91. The summed E-state index contributed by atoms with van der Waals surface area (Å²) in [6.07, 6.45) is 5.15. The molecule has 4 aromatic rings. The van der Waals surface area contributed by atoms with Gasteiger partial charge in [0.2, 0.25) is 0 Å². The number of hydrogen-bond donors (Lipinski definition) is 0. The van der Waals surface area contributed by atoms with Crippen molar-refractivity contribution in [3.05, 3.63) is 142 Å². The van der Waals surface area contributed by atoms with Crippen LogP contribution in [0.5, 0.6) is 0 Å². The molecule has 7 rings (SSSR count). The Hall–Kier alpha value is -4.18. The van der Waals surface area contributed by atoms with E-state index in [9.17, 15) is 9.59 Å². The van der Waals surface area contributed by atoms with Gasteiger partial charge in [-0.05, 0) is 83.3 Å². The molecule has 0 spiro atoms. The van der Waals surface area contributed by atoms with Gasteiger partial charge in [0, 0.05) is 0 Å². The van der Waals surface area contributed by atoms with Gasteiger partial charge in [0.05, 0.1) is 23.0 Å². The lowest BCUT2D eigenvalue weighted by atomic mass is 9.61. The molecule has 2 bridgehead atoms. The lowest BCUT2D eigenvalue weighted by molar-refractivity contribution is -0.0557.